The van der Waals surface area contributed by atoms with Crippen LogP contribution >= 0.6 is 0 Å². The van der Waals surface area contributed by atoms with E-state index in [-0.39, 0.29) is 5.91 Å². The summed E-state index contributed by atoms with van der Waals surface area (Å²) in [5.74, 6) is 1.41. The largest absolute Gasteiger partial charge is 0.495 e. The van der Waals surface area contributed by atoms with E-state index >= 15 is 0 Å². The number of hydrogen-bond donors (Lipinski definition) is 2. The Morgan fingerprint density at radius 3 is 2.50 bits per heavy atom. The Balaban J connectivity index is 1.12. The Labute approximate surface area is 268 Å². The van der Waals surface area contributed by atoms with Gasteiger partial charge < -0.3 is 20.3 Å². The van der Waals surface area contributed by atoms with Crippen molar-refractivity contribution in [1.82, 2.24) is 39.7 Å². The van der Waals surface area contributed by atoms with Crippen molar-refractivity contribution in [3.05, 3.63) is 77.9 Å². The normalized spacial score (nSPS) is 14.9. The third-order valence-corrected chi connectivity index (χ3v) is 9.15. The van der Waals surface area contributed by atoms with Crippen molar-refractivity contribution in [2.45, 2.75) is 25.7 Å². The second-order valence-corrected chi connectivity index (χ2v) is 12.3. The van der Waals surface area contributed by atoms with Gasteiger partial charge in [0.05, 0.1) is 36.1 Å². The fourth-order valence-corrected chi connectivity index (χ4v) is 6.51. The first kappa shape index (κ1) is 29.7. The summed E-state index contributed by atoms with van der Waals surface area (Å²) in [6.07, 6.45) is 9.63. The van der Waals surface area contributed by atoms with E-state index in [1.165, 1.54) is 0 Å². The number of benzene rings is 2. The highest BCUT2D eigenvalue weighted by Gasteiger charge is 2.27. The lowest BCUT2D eigenvalue weighted by atomic mass is 9.91. The average molecular weight is 618 g/mol. The van der Waals surface area contributed by atoms with Crippen LogP contribution in [0, 0.1) is 5.92 Å². The molecule has 1 aliphatic heterocycles. The maximum Gasteiger partial charge on any atom is 0.251 e. The minimum absolute atomic E-state index is 0.0982. The molecule has 4 heterocycles. The minimum Gasteiger partial charge on any atom is -0.495 e. The van der Waals surface area contributed by atoms with Crippen molar-refractivity contribution < 1.29 is 9.53 Å². The van der Waals surface area contributed by atoms with E-state index < -0.39 is 0 Å². The Hall–Kier alpha value is -5.03. The van der Waals surface area contributed by atoms with Gasteiger partial charge in [-0.15, -0.1) is 0 Å². The van der Waals surface area contributed by atoms with Crippen LogP contribution in [0.1, 0.15) is 34.5 Å². The summed E-state index contributed by atoms with van der Waals surface area (Å²) in [5, 5.41) is 15.6. The predicted molar refractivity (Wildman–Crippen MR) is 178 cm³/mol. The standard InChI is InChI=1S/C35H39N9O2/c1-42-15-13-22(14-16-42)18-36-34(45)25-9-11-28(30(17-25)46-4)39-35-37-19-26-10-12-29-31(32(26)40-35)33(44(3)41-29)24-7-5-23(6-8-24)27-20-38-43(2)21-27/h5-9,11,17,19-22H,10,12-16,18H2,1-4H3,(H,36,45)(H,37,39,40). The number of aryl methyl sites for hydroxylation is 4. The molecule has 1 aliphatic carbocycles. The molecule has 0 atom stereocenters. The van der Waals surface area contributed by atoms with Gasteiger partial charge in [0.1, 0.15) is 5.75 Å². The summed E-state index contributed by atoms with van der Waals surface area (Å²) >= 11 is 0. The Kier molecular flexibility index (Phi) is 8.00. The van der Waals surface area contributed by atoms with E-state index in [9.17, 15) is 4.79 Å². The van der Waals surface area contributed by atoms with Crippen LogP contribution in [0.25, 0.3) is 33.6 Å². The Morgan fingerprint density at radius 1 is 0.978 bits per heavy atom. The lowest BCUT2D eigenvalue weighted by Gasteiger charge is -2.28. The number of aromatic nitrogens is 6. The number of rotatable bonds is 8. The SMILES string of the molecule is COc1cc(C(=O)NCC2CCN(C)CC2)ccc1Nc1ncc2c(n1)-c1c(nn(C)c1-c1ccc(-c3cnn(C)c3)cc1)CC2. The van der Waals surface area contributed by atoms with Crippen LogP contribution in [0.4, 0.5) is 11.6 Å². The van der Waals surface area contributed by atoms with Crippen LogP contribution in [-0.2, 0) is 26.9 Å². The first-order valence-electron chi connectivity index (χ1n) is 15.8. The molecule has 5 aromatic rings. The fourth-order valence-electron chi connectivity index (χ4n) is 6.51. The van der Waals surface area contributed by atoms with Crippen molar-refractivity contribution >= 4 is 17.5 Å². The molecule has 7 rings (SSSR count). The van der Waals surface area contributed by atoms with Gasteiger partial charge in [-0.1, -0.05) is 24.3 Å². The highest BCUT2D eigenvalue weighted by atomic mass is 16.5. The van der Waals surface area contributed by atoms with E-state index in [2.05, 4.69) is 56.9 Å². The van der Waals surface area contributed by atoms with Crippen molar-refractivity contribution in [3.63, 3.8) is 0 Å². The molecule has 1 amide bonds. The number of amides is 1. The summed E-state index contributed by atoms with van der Waals surface area (Å²) < 4.78 is 9.44. The van der Waals surface area contributed by atoms with E-state index in [1.807, 2.05) is 48.1 Å². The van der Waals surface area contributed by atoms with Gasteiger partial charge in [0.2, 0.25) is 5.95 Å². The summed E-state index contributed by atoms with van der Waals surface area (Å²) in [5.41, 5.74) is 9.53. The molecule has 0 unspecified atom stereocenters. The van der Waals surface area contributed by atoms with E-state index in [0.717, 1.165) is 83.7 Å². The first-order valence-corrected chi connectivity index (χ1v) is 15.8. The number of methoxy groups -OCH3 is 1. The number of fused-ring (bicyclic) bond motifs is 3. The molecule has 0 saturated carbocycles. The number of anilines is 2. The number of piperidine rings is 1. The molecule has 1 fully saturated rings. The third kappa shape index (κ3) is 5.85. The third-order valence-electron chi connectivity index (χ3n) is 9.15. The van der Waals surface area contributed by atoms with Crippen LogP contribution in [0.3, 0.4) is 0 Å². The number of ether oxygens (including phenoxy) is 1. The highest BCUT2D eigenvalue weighted by molar-refractivity contribution is 5.95. The topological polar surface area (TPSA) is 115 Å². The maximum atomic E-state index is 13.0. The monoisotopic (exact) mass is 617 g/mol. The number of carbonyl (C=O) groups excluding carboxylic acids is 1. The molecule has 0 spiro atoms. The van der Waals surface area contributed by atoms with E-state index in [4.69, 9.17) is 14.8 Å². The molecular formula is C35H39N9O2. The van der Waals surface area contributed by atoms with Crippen LogP contribution < -0.4 is 15.4 Å². The molecule has 2 aliphatic rings. The van der Waals surface area contributed by atoms with Crippen LogP contribution in [0.15, 0.2) is 61.1 Å². The predicted octanol–water partition coefficient (Wildman–Crippen LogP) is 4.87. The molecule has 0 radical (unpaired) electrons. The van der Waals surface area contributed by atoms with E-state index in [0.29, 0.717) is 35.4 Å². The molecule has 2 N–H and O–H groups in total. The van der Waals surface area contributed by atoms with Gasteiger partial charge in [0, 0.05) is 55.3 Å². The van der Waals surface area contributed by atoms with Gasteiger partial charge in [-0.25, -0.2) is 9.97 Å². The highest BCUT2D eigenvalue weighted by Crippen LogP contribution is 2.40. The minimum atomic E-state index is -0.0982. The first-order chi connectivity index (χ1) is 22.4. The van der Waals surface area contributed by atoms with Crippen molar-refractivity contribution in [1.29, 1.82) is 0 Å². The Morgan fingerprint density at radius 2 is 1.76 bits per heavy atom. The van der Waals surface area contributed by atoms with Gasteiger partial charge in [0.25, 0.3) is 5.91 Å². The molecule has 11 nitrogen and oxygen atoms in total. The number of nitrogens with one attached hydrogen (secondary N) is 2. The van der Waals surface area contributed by atoms with Crippen molar-refractivity contribution in [2.75, 3.05) is 39.1 Å². The molecule has 1 saturated heterocycles. The number of nitrogens with zero attached hydrogens (tertiary/aromatic N) is 7. The van der Waals surface area contributed by atoms with Crippen LogP contribution in [-0.4, -0.2) is 74.1 Å². The maximum absolute atomic E-state index is 13.0. The average Bonchev–Trinajstić information content (AvgIpc) is 3.67. The van der Waals surface area contributed by atoms with Gasteiger partial charge >= 0.3 is 0 Å². The summed E-state index contributed by atoms with van der Waals surface area (Å²) in [6.45, 7) is 2.83. The van der Waals surface area contributed by atoms with Gasteiger partial charge in [-0.05, 0) is 81.1 Å². The molecular weight excluding hydrogens is 578 g/mol. The lowest BCUT2D eigenvalue weighted by Crippen LogP contribution is -2.36. The summed E-state index contributed by atoms with van der Waals surface area (Å²) in [7, 11) is 7.65. The number of hydrogen-bond acceptors (Lipinski definition) is 8. The van der Waals surface area contributed by atoms with Gasteiger partial charge in [0.15, 0.2) is 0 Å². The quantitative estimate of drug-likeness (QED) is 0.254. The summed E-state index contributed by atoms with van der Waals surface area (Å²) in [6, 6.07) is 13.9. The van der Waals surface area contributed by atoms with Gasteiger partial charge in [-0.2, -0.15) is 10.2 Å². The molecule has 11 heteroatoms. The number of likely N-dealkylation sites (tertiary alicyclic amines) is 1. The zero-order valence-corrected chi connectivity index (χ0v) is 26.7. The number of carbonyl (C=O) groups is 1. The zero-order chi connectivity index (χ0) is 31.8. The van der Waals surface area contributed by atoms with Crippen LogP contribution in [0.5, 0.6) is 5.75 Å². The fraction of sp³-hybridized carbons (Fsp3) is 0.343. The Bertz CT molecular complexity index is 1880. The lowest BCUT2D eigenvalue weighted by molar-refractivity contribution is 0.0938. The molecule has 46 heavy (non-hydrogen) atoms. The van der Waals surface area contributed by atoms with Crippen LogP contribution in [0.2, 0.25) is 0 Å². The zero-order valence-electron chi connectivity index (χ0n) is 26.7. The van der Waals surface area contributed by atoms with Crippen molar-refractivity contribution in [2.24, 2.45) is 20.0 Å². The smallest absolute Gasteiger partial charge is 0.251 e. The molecule has 236 valence electrons. The molecule has 3 aromatic heterocycles. The second-order valence-electron chi connectivity index (χ2n) is 12.3. The van der Waals surface area contributed by atoms with Crippen molar-refractivity contribution in [3.8, 4) is 39.4 Å². The second kappa shape index (κ2) is 12.4. The summed E-state index contributed by atoms with van der Waals surface area (Å²) in [4.78, 5) is 25.0. The molecule has 0 bridgehead atoms. The molecule has 2 aromatic carbocycles. The van der Waals surface area contributed by atoms with E-state index in [1.54, 1.807) is 19.2 Å². The van der Waals surface area contributed by atoms with Gasteiger partial charge in [-0.3, -0.25) is 14.2 Å².